The lowest BCUT2D eigenvalue weighted by molar-refractivity contribution is -0.284. The molecule has 0 aromatic heterocycles. The van der Waals surface area contributed by atoms with Crippen LogP contribution in [0.3, 0.4) is 0 Å². The Morgan fingerprint density at radius 1 is 0.735 bits per heavy atom. The maximum atomic E-state index is 13.0. The Labute approximate surface area is 293 Å². The molecule has 0 N–H and O–H groups in total. The van der Waals surface area contributed by atoms with Gasteiger partial charge in [0.25, 0.3) is 0 Å². The van der Waals surface area contributed by atoms with Crippen LogP contribution in [0.4, 0.5) is 22.0 Å². The van der Waals surface area contributed by atoms with Crippen molar-refractivity contribution in [2.45, 2.75) is 60.9 Å². The van der Waals surface area contributed by atoms with E-state index in [-0.39, 0.29) is 37.1 Å². The Bertz CT molecular complexity index is 1420. The molecule has 49 heavy (non-hydrogen) atoms. The first-order chi connectivity index (χ1) is 23.5. The van der Waals surface area contributed by atoms with E-state index in [1.807, 2.05) is 42.1 Å². The van der Waals surface area contributed by atoms with Gasteiger partial charge in [0.05, 0.1) is 13.2 Å². The zero-order chi connectivity index (χ0) is 35.3. The lowest BCUT2D eigenvalue weighted by atomic mass is 9.68. The fourth-order valence-corrected chi connectivity index (χ4v) is 7.75. The fraction of sp³-hybridized carbons (Fsp3) is 0.500. The van der Waals surface area contributed by atoms with Gasteiger partial charge in [0, 0.05) is 42.5 Å². The topological polar surface area (TPSA) is 55.4 Å². The highest BCUT2D eigenvalue weighted by Gasteiger charge is 2.56. The third-order valence-corrected chi connectivity index (χ3v) is 10.7. The van der Waals surface area contributed by atoms with Crippen molar-refractivity contribution in [1.29, 1.82) is 0 Å². The Balaban J connectivity index is 1.29. The van der Waals surface area contributed by atoms with Crippen LogP contribution in [0, 0.1) is 0 Å². The van der Waals surface area contributed by atoms with Gasteiger partial charge in [0.15, 0.2) is 13.6 Å². The lowest BCUT2D eigenvalue weighted by Crippen LogP contribution is -2.36. The summed E-state index contributed by atoms with van der Waals surface area (Å²) in [6.07, 6.45) is -5.21. The van der Waals surface area contributed by atoms with Crippen LogP contribution < -0.4 is 18.9 Å². The molecule has 1 heterocycles. The SMILES string of the molecule is COCOc1ccc(C2(C)CSc3cc(OCOC)ccc3C2CCCOc2ccc(OCCSCCCC(F)(F)C(F)(F)F)cc2)cc1. The molecule has 0 saturated carbocycles. The standard InChI is InChI=1S/C36H43F5O6S2/c1-34(26-7-9-29(10-8-26)46-24-42-2)23-49-33-22-30(47-25-43-3)15-16-31(33)32(34)6-4-18-44-27-11-13-28(14-12-27)45-19-21-48-20-5-17-35(37,38)36(39,40)41/h7-16,22,32H,4-6,17-21,23-25H2,1-3H3. The molecule has 0 fully saturated rings. The van der Waals surface area contributed by atoms with Gasteiger partial charge in [-0.2, -0.15) is 33.7 Å². The molecule has 4 rings (SSSR count). The van der Waals surface area contributed by atoms with Crippen LogP contribution in [0.15, 0.2) is 71.6 Å². The van der Waals surface area contributed by atoms with Crippen LogP contribution >= 0.6 is 23.5 Å². The van der Waals surface area contributed by atoms with Gasteiger partial charge in [-0.1, -0.05) is 25.1 Å². The summed E-state index contributed by atoms with van der Waals surface area (Å²) in [5.74, 6) is 0.0136. The molecule has 0 aliphatic carbocycles. The van der Waals surface area contributed by atoms with Crippen LogP contribution in [0.25, 0.3) is 0 Å². The molecule has 0 amide bonds. The highest BCUT2D eigenvalue weighted by Crippen LogP contribution is 2.52. The van der Waals surface area contributed by atoms with E-state index >= 15 is 0 Å². The molecule has 0 spiro atoms. The minimum Gasteiger partial charge on any atom is -0.494 e. The van der Waals surface area contributed by atoms with E-state index in [1.165, 1.54) is 27.8 Å². The predicted molar refractivity (Wildman–Crippen MR) is 183 cm³/mol. The quantitative estimate of drug-likeness (QED) is 0.0648. The second-order valence-corrected chi connectivity index (χ2v) is 14.1. The third kappa shape index (κ3) is 11.1. The van der Waals surface area contributed by atoms with Crippen molar-refractivity contribution in [1.82, 2.24) is 0 Å². The maximum absolute atomic E-state index is 13.0. The van der Waals surface area contributed by atoms with Gasteiger partial charge in [-0.25, -0.2) is 0 Å². The maximum Gasteiger partial charge on any atom is 0.453 e. The van der Waals surface area contributed by atoms with E-state index in [2.05, 4.69) is 31.2 Å². The summed E-state index contributed by atoms with van der Waals surface area (Å²) >= 11 is 3.11. The largest absolute Gasteiger partial charge is 0.494 e. The Morgan fingerprint density at radius 3 is 1.94 bits per heavy atom. The van der Waals surface area contributed by atoms with E-state index in [4.69, 9.17) is 28.4 Å². The van der Waals surface area contributed by atoms with Crippen molar-refractivity contribution in [2.75, 3.05) is 58.3 Å². The average Bonchev–Trinajstić information content (AvgIpc) is 3.08. The van der Waals surface area contributed by atoms with Crippen molar-refractivity contribution in [3.05, 3.63) is 77.9 Å². The highest BCUT2D eigenvalue weighted by atomic mass is 32.2. The summed E-state index contributed by atoms with van der Waals surface area (Å²) < 4.78 is 96.0. The van der Waals surface area contributed by atoms with Crippen LogP contribution in [-0.4, -0.2) is 70.4 Å². The number of ether oxygens (including phenoxy) is 6. The lowest BCUT2D eigenvalue weighted by Gasteiger charge is -2.43. The summed E-state index contributed by atoms with van der Waals surface area (Å²) in [7, 11) is 3.19. The molecule has 2 unspecified atom stereocenters. The number of methoxy groups -OCH3 is 2. The Morgan fingerprint density at radius 2 is 1.31 bits per heavy atom. The molecule has 0 saturated heterocycles. The van der Waals surface area contributed by atoms with Crippen LogP contribution in [0.5, 0.6) is 23.0 Å². The number of thioether (sulfide) groups is 2. The number of benzene rings is 3. The van der Waals surface area contributed by atoms with Gasteiger partial charge in [-0.05, 0) is 90.6 Å². The van der Waals surface area contributed by atoms with Crippen molar-refractivity contribution >= 4 is 23.5 Å². The van der Waals surface area contributed by atoms with Gasteiger partial charge in [0.1, 0.15) is 23.0 Å². The van der Waals surface area contributed by atoms with E-state index in [0.717, 1.165) is 30.1 Å². The van der Waals surface area contributed by atoms with Gasteiger partial charge in [-0.3, -0.25) is 0 Å². The number of halogens is 5. The minimum atomic E-state index is -5.50. The normalized spacial score (nSPS) is 17.8. The predicted octanol–water partition coefficient (Wildman–Crippen LogP) is 9.75. The van der Waals surface area contributed by atoms with E-state index in [9.17, 15) is 22.0 Å². The van der Waals surface area contributed by atoms with E-state index in [1.54, 1.807) is 26.4 Å². The van der Waals surface area contributed by atoms with Crippen LogP contribution in [-0.2, 0) is 14.9 Å². The molecule has 13 heteroatoms. The van der Waals surface area contributed by atoms with E-state index < -0.39 is 18.5 Å². The zero-order valence-corrected chi connectivity index (χ0v) is 29.5. The zero-order valence-electron chi connectivity index (χ0n) is 27.9. The molecule has 6 nitrogen and oxygen atoms in total. The molecule has 270 valence electrons. The summed E-state index contributed by atoms with van der Waals surface area (Å²) in [4.78, 5) is 1.20. The molecule has 2 atom stereocenters. The second kappa shape index (κ2) is 18.4. The second-order valence-electron chi connectivity index (χ2n) is 11.8. The summed E-state index contributed by atoms with van der Waals surface area (Å²) in [6.45, 7) is 3.53. The molecule has 3 aromatic carbocycles. The monoisotopic (exact) mass is 730 g/mol. The fourth-order valence-electron chi connectivity index (χ4n) is 5.60. The minimum absolute atomic E-state index is 0.141. The smallest absolute Gasteiger partial charge is 0.453 e. The molecule has 1 aliphatic rings. The first-order valence-corrected chi connectivity index (χ1v) is 18.1. The Hall–Kier alpha value is -2.87. The first kappa shape index (κ1) is 38.9. The molecular formula is C36H43F5O6S2. The van der Waals surface area contributed by atoms with E-state index in [0.29, 0.717) is 30.5 Å². The van der Waals surface area contributed by atoms with Crippen molar-refractivity contribution in [2.24, 2.45) is 0 Å². The van der Waals surface area contributed by atoms with Crippen LogP contribution in [0.1, 0.15) is 49.7 Å². The van der Waals surface area contributed by atoms with Crippen molar-refractivity contribution in [3.63, 3.8) is 0 Å². The third-order valence-electron chi connectivity index (χ3n) is 8.28. The molecule has 1 aliphatic heterocycles. The molecule has 0 radical (unpaired) electrons. The molecular weight excluding hydrogens is 688 g/mol. The molecule has 0 bridgehead atoms. The summed E-state index contributed by atoms with van der Waals surface area (Å²) in [5, 5.41) is 0. The molecule has 3 aromatic rings. The summed E-state index contributed by atoms with van der Waals surface area (Å²) in [6, 6.07) is 21.7. The van der Waals surface area contributed by atoms with Gasteiger partial charge >= 0.3 is 12.1 Å². The number of fused-ring (bicyclic) bond motifs is 1. The van der Waals surface area contributed by atoms with Gasteiger partial charge in [0.2, 0.25) is 0 Å². The van der Waals surface area contributed by atoms with Crippen LogP contribution in [0.2, 0.25) is 0 Å². The number of alkyl halides is 5. The highest BCUT2D eigenvalue weighted by molar-refractivity contribution is 7.99. The number of hydrogen-bond acceptors (Lipinski definition) is 8. The van der Waals surface area contributed by atoms with Crippen molar-refractivity contribution < 1.29 is 50.4 Å². The summed E-state index contributed by atoms with van der Waals surface area (Å²) in [5.41, 5.74) is 2.37. The van der Waals surface area contributed by atoms with Gasteiger partial charge in [-0.15, -0.1) is 11.8 Å². The Kier molecular flexibility index (Phi) is 14.6. The number of rotatable bonds is 20. The van der Waals surface area contributed by atoms with Crippen molar-refractivity contribution in [3.8, 4) is 23.0 Å². The van der Waals surface area contributed by atoms with Gasteiger partial charge < -0.3 is 28.4 Å². The first-order valence-electron chi connectivity index (χ1n) is 16.0. The average molecular weight is 731 g/mol. The number of hydrogen-bond donors (Lipinski definition) is 0.